The van der Waals surface area contributed by atoms with Gasteiger partial charge in [0.2, 0.25) is 0 Å². The summed E-state index contributed by atoms with van der Waals surface area (Å²) in [5.74, 6) is 0.514. The normalized spacial score (nSPS) is 10.6. The Hall–Kier alpha value is -1.82. The quantitative estimate of drug-likeness (QED) is 0.745. The minimum atomic E-state index is -0.378. The fraction of sp³-hybridized carbons (Fsp3) is 0.571. The number of carbonyl (C=O) groups excluding carboxylic acids is 1. The zero-order valence-corrected chi connectivity index (χ0v) is 12.3. The van der Waals surface area contributed by atoms with Gasteiger partial charge in [0.1, 0.15) is 5.69 Å². The van der Waals surface area contributed by atoms with Crippen LogP contribution in [0.1, 0.15) is 20.3 Å². The molecule has 1 aromatic rings. The van der Waals surface area contributed by atoms with Crippen molar-refractivity contribution in [1.82, 2.24) is 9.88 Å². The van der Waals surface area contributed by atoms with E-state index in [4.69, 9.17) is 4.74 Å². The summed E-state index contributed by atoms with van der Waals surface area (Å²) in [5.41, 5.74) is 0.0338. The van der Waals surface area contributed by atoms with Crippen LogP contribution in [-0.4, -0.2) is 30.4 Å². The number of amides is 2. The predicted octanol–water partition coefficient (Wildman–Crippen LogP) is 1.57. The number of hydrogen-bond acceptors (Lipinski definition) is 3. The van der Waals surface area contributed by atoms with E-state index < -0.39 is 0 Å². The van der Waals surface area contributed by atoms with Gasteiger partial charge < -0.3 is 19.9 Å². The second-order valence-corrected chi connectivity index (χ2v) is 5.04. The number of pyridine rings is 1. The molecule has 0 aliphatic rings. The number of carbonyl (C=O) groups is 1. The highest BCUT2D eigenvalue weighted by molar-refractivity contribution is 5.88. The van der Waals surface area contributed by atoms with Crippen LogP contribution in [0.5, 0.6) is 0 Å². The van der Waals surface area contributed by atoms with Gasteiger partial charge in [-0.2, -0.15) is 0 Å². The lowest BCUT2D eigenvalue weighted by molar-refractivity contribution is 0.108. The minimum absolute atomic E-state index is 0.233. The molecule has 0 aliphatic heterocycles. The highest BCUT2D eigenvalue weighted by Crippen LogP contribution is 1.97. The van der Waals surface area contributed by atoms with Crippen molar-refractivity contribution >= 4 is 11.7 Å². The van der Waals surface area contributed by atoms with Gasteiger partial charge in [0.25, 0.3) is 5.56 Å². The second-order valence-electron chi connectivity index (χ2n) is 5.04. The van der Waals surface area contributed by atoms with Crippen molar-refractivity contribution in [2.45, 2.75) is 20.3 Å². The number of urea groups is 1. The maximum absolute atomic E-state index is 11.7. The number of rotatable bonds is 7. The Morgan fingerprint density at radius 1 is 1.45 bits per heavy atom. The molecule has 2 amide bonds. The topological polar surface area (TPSA) is 72.4 Å². The fourth-order valence-electron chi connectivity index (χ4n) is 1.55. The first-order valence-electron chi connectivity index (χ1n) is 6.79. The molecule has 0 aliphatic carbocycles. The Morgan fingerprint density at radius 2 is 2.20 bits per heavy atom. The maximum atomic E-state index is 11.7. The average molecular weight is 281 g/mol. The molecule has 2 N–H and O–H groups in total. The summed E-state index contributed by atoms with van der Waals surface area (Å²) in [7, 11) is 1.64. The van der Waals surface area contributed by atoms with E-state index in [1.807, 2.05) is 0 Å². The molecule has 0 saturated carbocycles. The molecule has 20 heavy (non-hydrogen) atoms. The molecule has 0 spiro atoms. The monoisotopic (exact) mass is 281 g/mol. The van der Waals surface area contributed by atoms with Gasteiger partial charge in [-0.25, -0.2) is 4.79 Å². The number of nitrogens with zero attached hydrogens (tertiary/aromatic N) is 1. The van der Waals surface area contributed by atoms with Crippen molar-refractivity contribution in [3.8, 4) is 0 Å². The van der Waals surface area contributed by atoms with Crippen LogP contribution in [0.15, 0.2) is 23.1 Å². The largest absolute Gasteiger partial charge is 0.381 e. The summed E-state index contributed by atoms with van der Waals surface area (Å²) < 4.78 is 6.82. The maximum Gasteiger partial charge on any atom is 0.319 e. The van der Waals surface area contributed by atoms with Gasteiger partial charge in [0.15, 0.2) is 0 Å². The van der Waals surface area contributed by atoms with Gasteiger partial charge in [-0.05, 0) is 24.5 Å². The molecule has 1 rings (SSSR count). The minimum Gasteiger partial charge on any atom is -0.381 e. The lowest BCUT2D eigenvalue weighted by Crippen LogP contribution is -2.33. The van der Waals surface area contributed by atoms with E-state index in [0.29, 0.717) is 19.1 Å². The van der Waals surface area contributed by atoms with Crippen LogP contribution in [0.2, 0.25) is 0 Å². The fourth-order valence-corrected chi connectivity index (χ4v) is 1.55. The summed E-state index contributed by atoms with van der Waals surface area (Å²) in [4.78, 5) is 23.3. The number of ether oxygens (including phenoxy) is 1. The summed E-state index contributed by atoms with van der Waals surface area (Å²) in [5, 5.41) is 5.22. The Kier molecular flexibility index (Phi) is 6.79. The van der Waals surface area contributed by atoms with Crippen molar-refractivity contribution in [3.05, 3.63) is 28.7 Å². The molecule has 0 bridgehead atoms. The zero-order chi connectivity index (χ0) is 15.0. The molecule has 0 fully saturated rings. The van der Waals surface area contributed by atoms with Gasteiger partial charge in [0.05, 0.1) is 0 Å². The first kappa shape index (κ1) is 16.2. The van der Waals surface area contributed by atoms with Gasteiger partial charge in [-0.3, -0.25) is 4.79 Å². The molecule has 112 valence electrons. The van der Waals surface area contributed by atoms with Crippen LogP contribution >= 0.6 is 0 Å². The van der Waals surface area contributed by atoms with E-state index in [0.717, 1.165) is 13.0 Å². The molecule has 0 unspecified atom stereocenters. The summed E-state index contributed by atoms with van der Waals surface area (Å²) >= 11 is 0. The lowest BCUT2D eigenvalue weighted by atomic mass is 10.2. The van der Waals surface area contributed by atoms with Gasteiger partial charge >= 0.3 is 6.03 Å². The van der Waals surface area contributed by atoms with Crippen LogP contribution in [0, 0.1) is 5.92 Å². The van der Waals surface area contributed by atoms with Gasteiger partial charge in [-0.15, -0.1) is 0 Å². The number of anilines is 1. The van der Waals surface area contributed by atoms with Crippen LogP contribution in [0.25, 0.3) is 0 Å². The first-order chi connectivity index (χ1) is 9.50. The third kappa shape index (κ3) is 5.88. The van der Waals surface area contributed by atoms with E-state index in [1.54, 1.807) is 25.4 Å². The van der Waals surface area contributed by atoms with Crippen molar-refractivity contribution in [1.29, 1.82) is 0 Å². The van der Waals surface area contributed by atoms with E-state index in [-0.39, 0.29) is 17.3 Å². The van der Waals surface area contributed by atoms with E-state index in [9.17, 15) is 9.59 Å². The third-order valence-electron chi connectivity index (χ3n) is 2.57. The van der Waals surface area contributed by atoms with Crippen molar-refractivity contribution in [2.75, 3.05) is 25.1 Å². The number of nitrogens with one attached hydrogen (secondary N) is 2. The standard InChI is InChI=1S/C14H23N3O3/c1-11(2)10-20-9-5-7-15-14(19)16-12-6-4-8-17(3)13(12)18/h4,6,8,11H,5,7,9-10H2,1-3H3,(H2,15,16,19). The molecule has 1 heterocycles. The predicted molar refractivity (Wildman–Crippen MR) is 79.0 cm³/mol. The Bertz CT molecular complexity index is 483. The molecule has 6 nitrogen and oxygen atoms in total. The van der Waals surface area contributed by atoms with Gasteiger partial charge in [0, 0.05) is 33.0 Å². The highest BCUT2D eigenvalue weighted by atomic mass is 16.5. The molecular formula is C14H23N3O3. The lowest BCUT2D eigenvalue weighted by Gasteiger charge is -2.09. The molecule has 0 aromatic carbocycles. The summed E-state index contributed by atoms with van der Waals surface area (Å²) in [6, 6.07) is 2.90. The highest BCUT2D eigenvalue weighted by Gasteiger charge is 2.05. The molecule has 0 saturated heterocycles. The first-order valence-corrected chi connectivity index (χ1v) is 6.79. The summed E-state index contributed by atoms with van der Waals surface area (Å²) in [6.07, 6.45) is 2.38. The zero-order valence-electron chi connectivity index (χ0n) is 12.3. The van der Waals surface area contributed by atoms with Crippen molar-refractivity contribution in [3.63, 3.8) is 0 Å². The average Bonchev–Trinajstić information content (AvgIpc) is 2.39. The molecule has 6 heteroatoms. The summed E-state index contributed by atoms with van der Waals surface area (Å²) in [6.45, 7) is 6.03. The Labute approximate surface area is 119 Å². The van der Waals surface area contributed by atoms with Crippen LogP contribution < -0.4 is 16.2 Å². The Balaban J connectivity index is 2.24. The molecular weight excluding hydrogens is 258 g/mol. The van der Waals surface area contributed by atoms with E-state index in [1.165, 1.54) is 4.57 Å². The van der Waals surface area contributed by atoms with E-state index in [2.05, 4.69) is 24.5 Å². The molecule has 0 atom stereocenters. The van der Waals surface area contributed by atoms with Crippen LogP contribution in [-0.2, 0) is 11.8 Å². The van der Waals surface area contributed by atoms with E-state index >= 15 is 0 Å². The van der Waals surface area contributed by atoms with Crippen LogP contribution in [0.4, 0.5) is 10.5 Å². The third-order valence-corrected chi connectivity index (χ3v) is 2.57. The smallest absolute Gasteiger partial charge is 0.319 e. The number of hydrogen-bond donors (Lipinski definition) is 2. The molecule has 0 radical (unpaired) electrons. The molecule has 1 aromatic heterocycles. The van der Waals surface area contributed by atoms with Crippen LogP contribution in [0.3, 0.4) is 0 Å². The SMILES string of the molecule is CC(C)COCCCNC(=O)Nc1cccn(C)c1=O. The van der Waals surface area contributed by atoms with Crippen molar-refractivity contribution in [2.24, 2.45) is 13.0 Å². The Morgan fingerprint density at radius 3 is 2.90 bits per heavy atom. The number of aryl methyl sites for hydroxylation is 1. The van der Waals surface area contributed by atoms with Crippen molar-refractivity contribution < 1.29 is 9.53 Å². The second kappa shape index (κ2) is 8.37. The number of aromatic nitrogens is 1. The van der Waals surface area contributed by atoms with Gasteiger partial charge in [-0.1, -0.05) is 13.8 Å².